The summed E-state index contributed by atoms with van der Waals surface area (Å²) in [7, 11) is 0. The Kier molecular flexibility index (Phi) is 3.93. The Hall–Kier alpha value is -2.19. The Bertz CT molecular complexity index is 679. The number of carbonyl (C=O) groups excluding carboxylic acids is 1. The predicted octanol–water partition coefficient (Wildman–Crippen LogP) is 3.71. The molecule has 0 aromatic heterocycles. The second-order valence-electron chi connectivity index (χ2n) is 3.77. The van der Waals surface area contributed by atoms with Gasteiger partial charge in [-0.05, 0) is 52.3 Å². The highest BCUT2D eigenvalue weighted by molar-refractivity contribution is 9.10. The van der Waals surface area contributed by atoms with Crippen molar-refractivity contribution < 1.29 is 9.18 Å². The maximum Gasteiger partial charge on any atom is 0.256 e. The largest absolute Gasteiger partial charge is 0.322 e. The fraction of sp³-hybridized carbons (Fsp3) is 0. The average molecular weight is 319 g/mol. The number of carbonyl (C=O) groups is 1. The highest BCUT2D eigenvalue weighted by atomic mass is 79.9. The number of amides is 1. The lowest BCUT2D eigenvalue weighted by Crippen LogP contribution is -2.12. The van der Waals surface area contributed by atoms with Crippen LogP contribution in [0.25, 0.3) is 0 Å². The molecule has 94 valence electrons. The van der Waals surface area contributed by atoms with Crippen molar-refractivity contribution in [3.05, 3.63) is 63.9 Å². The van der Waals surface area contributed by atoms with Crippen LogP contribution in [0.5, 0.6) is 0 Å². The number of nitrogens with one attached hydrogen (secondary N) is 1. The SMILES string of the molecule is N#Cc1cccc(NC(=O)c2ccc(F)cc2Br)c1. The second-order valence-corrected chi connectivity index (χ2v) is 4.63. The van der Waals surface area contributed by atoms with E-state index in [1.807, 2.05) is 6.07 Å². The van der Waals surface area contributed by atoms with E-state index in [2.05, 4.69) is 21.2 Å². The molecule has 0 spiro atoms. The summed E-state index contributed by atoms with van der Waals surface area (Å²) in [5.41, 5.74) is 1.29. The van der Waals surface area contributed by atoms with Crippen LogP contribution < -0.4 is 5.32 Å². The summed E-state index contributed by atoms with van der Waals surface area (Å²) in [6.07, 6.45) is 0. The molecule has 2 aromatic carbocycles. The van der Waals surface area contributed by atoms with E-state index in [-0.39, 0.29) is 5.91 Å². The molecule has 3 nitrogen and oxygen atoms in total. The molecule has 0 atom stereocenters. The van der Waals surface area contributed by atoms with Crippen LogP contribution in [0.4, 0.5) is 10.1 Å². The molecule has 0 aliphatic rings. The third kappa shape index (κ3) is 3.18. The van der Waals surface area contributed by atoms with Crippen LogP contribution in [0.3, 0.4) is 0 Å². The Labute approximate surface area is 117 Å². The molecule has 2 rings (SSSR count). The summed E-state index contributed by atoms with van der Waals surface area (Å²) in [6, 6.07) is 12.4. The van der Waals surface area contributed by atoms with Gasteiger partial charge < -0.3 is 5.32 Å². The van der Waals surface area contributed by atoms with Gasteiger partial charge in [-0.3, -0.25) is 4.79 Å². The zero-order valence-corrected chi connectivity index (χ0v) is 11.2. The fourth-order valence-electron chi connectivity index (χ4n) is 1.54. The second kappa shape index (κ2) is 5.63. The molecule has 0 saturated heterocycles. The molecule has 1 amide bonds. The summed E-state index contributed by atoms with van der Waals surface area (Å²) < 4.78 is 13.3. The van der Waals surface area contributed by atoms with Gasteiger partial charge in [0, 0.05) is 10.2 Å². The monoisotopic (exact) mass is 318 g/mol. The van der Waals surface area contributed by atoms with Gasteiger partial charge in [0.05, 0.1) is 17.2 Å². The van der Waals surface area contributed by atoms with Gasteiger partial charge in [0.15, 0.2) is 0 Å². The van der Waals surface area contributed by atoms with Gasteiger partial charge in [0.25, 0.3) is 5.91 Å². The van der Waals surface area contributed by atoms with E-state index in [1.165, 1.54) is 18.2 Å². The number of rotatable bonds is 2. The van der Waals surface area contributed by atoms with Crippen LogP contribution in [-0.4, -0.2) is 5.91 Å². The lowest BCUT2D eigenvalue weighted by Gasteiger charge is -2.07. The van der Waals surface area contributed by atoms with Gasteiger partial charge in [-0.2, -0.15) is 5.26 Å². The van der Waals surface area contributed by atoms with E-state index in [9.17, 15) is 9.18 Å². The summed E-state index contributed by atoms with van der Waals surface area (Å²) in [5, 5.41) is 11.4. The van der Waals surface area contributed by atoms with Gasteiger partial charge in [-0.25, -0.2) is 4.39 Å². The molecular weight excluding hydrogens is 311 g/mol. The Morgan fingerprint density at radius 1 is 1.26 bits per heavy atom. The molecular formula is C14H8BrFN2O. The maximum absolute atomic E-state index is 12.9. The summed E-state index contributed by atoms with van der Waals surface area (Å²) in [5.74, 6) is -0.795. The van der Waals surface area contributed by atoms with Gasteiger partial charge in [0.1, 0.15) is 5.82 Å². The lowest BCUT2D eigenvalue weighted by molar-refractivity contribution is 0.102. The van der Waals surface area contributed by atoms with Crippen molar-refractivity contribution in [2.75, 3.05) is 5.32 Å². The number of halogens is 2. The van der Waals surface area contributed by atoms with E-state index < -0.39 is 5.82 Å². The molecule has 0 heterocycles. The highest BCUT2D eigenvalue weighted by Gasteiger charge is 2.11. The number of hydrogen-bond acceptors (Lipinski definition) is 2. The zero-order chi connectivity index (χ0) is 13.8. The fourth-order valence-corrected chi connectivity index (χ4v) is 2.07. The number of hydrogen-bond donors (Lipinski definition) is 1. The summed E-state index contributed by atoms with van der Waals surface area (Å²) in [6.45, 7) is 0. The van der Waals surface area contributed by atoms with Crippen molar-refractivity contribution >= 4 is 27.5 Å². The van der Waals surface area contributed by atoms with Crippen LogP contribution >= 0.6 is 15.9 Å². The minimum absolute atomic E-state index is 0.323. The molecule has 5 heteroatoms. The standard InChI is InChI=1S/C14H8BrFN2O/c15-13-7-10(16)4-5-12(13)14(19)18-11-3-1-2-9(6-11)8-17/h1-7H,(H,18,19). The van der Waals surface area contributed by atoms with Crippen molar-refractivity contribution in [1.82, 2.24) is 0 Å². The van der Waals surface area contributed by atoms with Gasteiger partial charge in [-0.15, -0.1) is 0 Å². The van der Waals surface area contributed by atoms with Crippen LogP contribution in [0.2, 0.25) is 0 Å². The number of anilines is 1. The predicted molar refractivity (Wildman–Crippen MR) is 73.2 cm³/mol. The minimum Gasteiger partial charge on any atom is -0.322 e. The Balaban J connectivity index is 2.23. The normalized spacial score (nSPS) is 9.74. The molecule has 0 saturated carbocycles. The van der Waals surface area contributed by atoms with Crippen molar-refractivity contribution in [3.63, 3.8) is 0 Å². The molecule has 0 radical (unpaired) electrons. The first kappa shape index (κ1) is 13.2. The third-order valence-electron chi connectivity index (χ3n) is 2.43. The molecule has 0 fully saturated rings. The van der Waals surface area contributed by atoms with E-state index in [1.54, 1.807) is 24.3 Å². The molecule has 0 unspecified atom stereocenters. The number of nitriles is 1. The molecule has 0 aliphatic heterocycles. The molecule has 0 aliphatic carbocycles. The van der Waals surface area contributed by atoms with Crippen LogP contribution in [0.15, 0.2) is 46.9 Å². The maximum atomic E-state index is 12.9. The van der Waals surface area contributed by atoms with Crippen molar-refractivity contribution in [1.29, 1.82) is 5.26 Å². The van der Waals surface area contributed by atoms with Crippen LogP contribution in [-0.2, 0) is 0 Å². The molecule has 1 N–H and O–H groups in total. The highest BCUT2D eigenvalue weighted by Crippen LogP contribution is 2.20. The van der Waals surface area contributed by atoms with Crippen molar-refractivity contribution in [2.45, 2.75) is 0 Å². The first-order valence-corrected chi connectivity index (χ1v) is 6.16. The molecule has 0 bridgehead atoms. The minimum atomic E-state index is -0.421. The van der Waals surface area contributed by atoms with Crippen LogP contribution in [0, 0.1) is 17.1 Å². The van der Waals surface area contributed by atoms with Gasteiger partial charge in [-0.1, -0.05) is 6.07 Å². The number of nitrogens with zero attached hydrogens (tertiary/aromatic N) is 1. The first-order valence-electron chi connectivity index (χ1n) is 5.37. The van der Waals surface area contributed by atoms with Crippen LogP contribution in [0.1, 0.15) is 15.9 Å². The topological polar surface area (TPSA) is 52.9 Å². The quantitative estimate of drug-likeness (QED) is 0.917. The Morgan fingerprint density at radius 2 is 2.05 bits per heavy atom. The van der Waals surface area contributed by atoms with E-state index in [4.69, 9.17) is 5.26 Å². The third-order valence-corrected chi connectivity index (χ3v) is 3.08. The van der Waals surface area contributed by atoms with Gasteiger partial charge >= 0.3 is 0 Å². The summed E-state index contributed by atoms with van der Waals surface area (Å²) >= 11 is 3.14. The van der Waals surface area contributed by atoms with E-state index in [0.29, 0.717) is 21.3 Å². The van der Waals surface area contributed by atoms with E-state index in [0.717, 1.165) is 0 Å². The average Bonchev–Trinajstić information content (AvgIpc) is 2.38. The molecule has 2 aromatic rings. The van der Waals surface area contributed by atoms with Gasteiger partial charge in [0.2, 0.25) is 0 Å². The number of benzene rings is 2. The molecule has 19 heavy (non-hydrogen) atoms. The Morgan fingerprint density at radius 3 is 2.74 bits per heavy atom. The van der Waals surface area contributed by atoms with Crippen molar-refractivity contribution in [3.8, 4) is 6.07 Å². The smallest absolute Gasteiger partial charge is 0.256 e. The van der Waals surface area contributed by atoms with E-state index >= 15 is 0 Å². The lowest BCUT2D eigenvalue weighted by atomic mass is 10.2. The van der Waals surface area contributed by atoms with Crippen molar-refractivity contribution in [2.24, 2.45) is 0 Å². The first-order chi connectivity index (χ1) is 9.10. The summed E-state index contributed by atoms with van der Waals surface area (Å²) in [4.78, 5) is 12.0. The zero-order valence-electron chi connectivity index (χ0n) is 9.65.